The number of carbonyl (C=O) groups excluding carboxylic acids is 2. The number of imide groups is 1. The van der Waals surface area contributed by atoms with Gasteiger partial charge in [-0.2, -0.15) is 4.31 Å². The molecule has 0 spiro atoms. The molecule has 8 nitrogen and oxygen atoms in total. The molecule has 0 bridgehead atoms. The standard InChI is InChI=1S/C27H39N3O5S/c1-27(2)16-25(31)29(26(32)17-27)10-5-13-36(33,34)30-11-4-6-20-18-28-12-9-19-14-21(35-3)7-8-22(19)24(28)15-23(20)30/h7-8,14,20,23-24H,4-6,9-13,15-18H2,1-3H3. The zero-order valence-corrected chi connectivity index (χ0v) is 22.6. The predicted molar refractivity (Wildman–Crippen MR) is 137 cm³/mol. The van der Waals surface area contributed by atoms with Crippen LogP contribution in [0.15, 0.2) is 18.2 Å². The first-order valence-electron chi connectivity index (χ1n) is 13.3. The van der Waals surface area contributed by atoms with Gasteiger partial charge in [0.1, 0.15) is 5.75 Å². The number of fused-ring (bicyclic) bond motifs is 4. The molecule has 1 aromatic carbocycles. The Hall–Kier alpha value is -1.97. The maximum Gasteiger partial charge on any atom is 0.229 e. The number of benzene rings is 1. The number of carbonyl (C=O) groups is 2. The van der Waals surface area contributed by atoms with Crippen LogP contribution in [0.5, 0.6) is 5.75 Å². The first kappa shape index (κ1) is 25.7. The first-order valence-corrected chi connectivity index (χ1v) is 14.9. The molecule has 4 aliphatic rings. The van der Waals surface area contributed by atoms with E-state index in [0.29, 0.717) is 25.3 Å². The summed E-state index contributed by atoms with van der Waals surface area (Å²) in [5.74, 6) is 0.807. The van der Waals surface area contributed by atoms with Crippen molar-refractivity contribution in [3.8, 4) is 5.75 Å². The van der Waals surface area contributed by atoms with E-state index in [1.807, 2.05) is 19.9 Å². The van der Waals surface area contributed by atoms with E-state index in [0.717, 1.165) is 44.5 Å². The molecule has 0 radical (unpaired) electrons. The second-order valence-corrected chi connectivity index (χ2v) is 13.8. The van der Waals surface area contributed by atoms with Crippen LogP contribution in [0.1, 0.15) is 69.5 Å². The molecule has 3 atom stereocenters. The van der Waals surface area contributed by atoms with E-state index in [-0.39, 0.29) is 48.0 Å². The highest BCUT2D eigenvalue weighted by atomic mass is 32.2. The second kappa shape index (κ2) is 9.72. The van der Waals surface area contributed by atoms with Gasteiger partial charge in [-0.1, -0.05) is 19.9 Å². The number of piperidine rings is 3. The largest absolute Gasteiger partial charge is 0.497 e. The smallest absolute Gasteiger partial charge is 0.229 e. The molecule has 3 unspecified atom stereocenters. The third-order valence-corrected chi connectivity index (χ3v) is 10.6. The summed E-state index contributed by atoms with van der Waals surface area (Å²) in [7, 11) is -1.81. The summed E-state index contributed by atoms with van der Waals surface area (Å²) in [4.78, 5) is 28.8. The fraction of sp³-hybridized carbons (Fsp3) is 0.704. The Kier molecular flexibility index (Phi) is 6.93. The first-order chi connectivity index (χ1) is 17.1. The Morgan fingerprint density at radius 1 is 1.11 bits per heavy atom. The van der Waals surface area contributed by atoms with Crippen molar-refractivity contribution >= 4 is 21.8 Å². The van der Waals surface area contributed by atoms with E-state index in [1.54, 1.807) is 11.4 Å². The van der Waals surface area contributed by atoms with E-state index >= 15 is 0 Å². The van der Waals surface area contributed by atoms with Crippen molar-refractivity contribution in [2.24, 2.45) is 11.3 Å². The molecule has 4 aliphatic heterocycles. The molecule has 3 saturated heterocycles. The van der Waals surface area contributed by atoms with Crippen LogP contribution in [0, 0.1) is 11.3 Å². The fourth-order valence-electron chi connectivity index (χ4n) is 6.85. The Balaban J connectivity index is 1.27. The Bertz CT molecular complexity index is 1110. The van der Waals surface area contributed by atoms with Gasteiger partial charge in [0, 0.05) is 51.1 Å². The van der Waals surface area contributed by atoms with E-state index in [2.05, 4.69) is 17.0 Å². The molecule has 1 aromatic rings. The summed E-state index contributed by atoms with van der Waals surface area (Å²) < 4.78 is 34.3. The third-order valence-electron chi connectivity index (χ3n) is 8.62. The van der Waals surface area contributed by atoms with Gasteiger partial charge >= 0.3 is 0 Å². The lowest BCUT2D eigenvalue weighted by molar-refractivity contribution is -0.152. The van der Waals surface area contributed by atoms with Crippen molar-refractivity contribution in [3.63, 3.8) is 0 Å². The fourth-order valence-corrected chi connectivity index (χ4v) is 8.65. The summed E-state index contributed by atoms with van der Waals surface area (Å²) in [5.41, 5.74) is 2.28. The van der Waals surface area contributed by atoms with Gasteiger partial charge in [0.05, 0.1) is 12.9 Å². The zero-order chi connectivity index (χ0) is 25.7. The van der Waals surface area contributed by atoms with Crippen LogP contribution in [-0.2, 0) is 26.0 Å². The zero-order valence-electron chi connectivity index (χ0n) is 21.7. The quantitative estimate of drug-likeness (QED) is 0.539. The molecule has 0 N–H and O–H groups in total. The molecule has 198 valence electrons. The number of amides is 2. The van der Waals surface area contributed by atoms with Crippen molar-refractivity contribution < 1.29 is 22.7 Å². The maximum atomic E-state index is 13.5. The monoisotopic (exact) mass is 517 g/mol. The van der Waals surface area contributed by atoms with Crippen LogP contribution in [-0.4, -0.2) is 79.4 Å². The lowest BCUT2D eigenvalue weighted by atomic mass is 9.77. The Morgan fingerprint density at radius 2 is 1.86 bits per heavy atom. The highest BCUT2D eigenvalue weighted by Crippen LogP contribution is 2.44. The number of methoxy groups -OCH3 is 1. The minimum absolute atomic E-state index is 0.00268. The van der Waals surface area contributed by atoms with E-state index < -0.39 is 10.0 Å². The van der Waals surface area contributed by atoms with Gasteiger partial charge < -0.3 is 4.74 Å². The van der Waals surface area contributed by atoms with Gasteiger partial charge in [-0.15, -0.1) is 0 Å². The maximum absolute atomic E-state index is 13.5. The summed E-state index contributed by atoms with van der Waals surface area (Å²) in [6, 6.07) is 6.51. The van der Waals surface area contributed by atoms with Crippen LogP contribution in [0.4, 0.5) is 0 Å². The average Bonchev–Trinajstić information content (AvgIpc) is 2.83. The molecule has 0 aliphatic carbocycles. The number of ether oxygens (including phenoxy) is 1. The molecular weight excluding hydrogens is 478 g/mol. The summed E-state index contributed by atoms with van der Waals surface area (Å²) in [5, 5.41) is 0. The predicted octanol–water partition coefficient (Wildman–Crippen LogP) is 2.97. The highest BCUT2D eigenvalue weighted by Gasteiger charge is 2.46. The molecular formula is C27H39N3O5S. The SMILES string of the molecule is COc1ccc2c(c1)CCN1CC3CCCN(S(=O)(=O)CCCN4C(=O)CC(C)(C)CC4=O)C3CC21. The normalized spacial score (nSPS) is 28.9. The summed E-state index contributed by atoms with van der Waals surface area (Å²) in [6.45, 7) is 6.50. The van der Waals surface area contributed by atoms with Gasteiger partial charge in [0.15, 0.2) is 0 Å². The number of rotatable bonds is 6. The lowest BCUT2D eigenvalue weighted by Crippen LogP contribution is -2.57. The van der Waals surface area contributed by atoms with Crippen LogP contribution in [0.25, 0.3) is 0 Å². The van der Waals surface area contributed by atoms with Crippen molar-refractivity contribution in [1.29, 1.82) is 0 Å². The number of nitrogens with zero attached hydrogens (tertiary/aromatic N) is 3. The molecule has 3 fully saturated rings. The van der Waals surface area contributed by atoms with Crippen molar-refractivity contribution in [2.75, 3.05) is 39.0 Å². The summed E-state index contributed by atoms with van der Waals surface area (Å²) >= 11 is 0. The minimum atomic E-state index is -3.49. The van der Waals surface area contributed by atoms with E-state index in [9.17, 15) is 18.0 Å². The lowest BCUT2D eigenvalue weighted by Gasteiger charge is -2.51. The van der Waals surface area contributed by atoms with E-state index in [4.69, 9.17) is 4.74 Å². The Labute approximate surface area is 215 Å². The van der Waals surface area contributed by atoms with Crippen molar-refractivity contribution in [3.05, 3.63) is 29.3 Å². The Morgan fingerprint density at radius 3 is 2.58 bits per heavy atom. The van der Waals surface area contributed by atoms with Crippen LogP contribution >= 0.6 is 0 Å². The molecule has 2 amide bonds. The number of likely N-dealkylation sites (tertiary alicyclic amines) is 1. The van der Waals surface area contributed by atoms with Crippen LogP contribution in [0.3, 0.4) is 0 Å². The van der Waals surface area contributed by atoms with Gasteiger partial charge in [0.2, 0.25) is 21.8 Å². The van der Waals surface area contributed by atoms with Gasteiger partial charge in [0.25, 0.3) is 0 Å². The molecule has 4 heterocycles. The molecule has 0 saturated carbocycles. The van der Waals surface area contributed by atoms with Crippen molar-refractivity contribution in [1.82, 2.24) is 14.1 Å². The van der Waals surface area contributed by atoms with E-state index in [1.165, 1.54) is 16.0 Å². The van der Waals surface area contributed by atoms with Crippen LogP contribution < -0.4 is 4.74 Å². The minimum Gasteiger partial charge on any atom is -0.497 e. The number of hydrogen-bond donors (Lipinski definition) is 0. The van der Waals surface area contributed by atoms with Gasteiger partial charge in [-0.25, -0.2) is 8.42 Å². The van der Waals surface area contributed by atoms with Gasteiger partial charge in [-0.05, 0) is 66.7 Å². The molecule has 0 aromatic heterocycles. The highest BCUT2D eigenvalue weighted by molar-refractivity contribution is 7.89. The molecule has 36 heavy (non-hydrogen) atoms. The number of sulfonamides is 1. The van der Waals surface area contributed by atoms with Crippen LogP contribution in [0.2, 0.25) is 0 Å². The van der Waals surface area contributed by atoms with Crippen molar-refractivity contribution in [2.45, 2.75) is 70.9 Å². The summed E-state index contributed by atoms with van der Waals surface area (Å²) in [6.07, 6.45) is 4.67. The number of hydrogen-bond acceptors (Lipinski definition) is 6. The average molecular weight is 518 g/mol. The molecule has 5 rings (SSSR count). The third kappa shape index (κ3) is 4.94. The van der Waals surface area contributed by atoms with Gasteiger partial charge in [-0.3, -0.25) is 19.4 Å². The molecule has 9 heteroatoms. The topological polar surface area (TPSA) is 87.2 Å². The second-order valence-electron chi connectivity index (χ2n) is 11.8.